The van der Waals surface area contributed by atoms with Gasteiger partial charge in [0, 0.05) is 23.0 Å². The molecule has 0 fully saturated rings. The number of aryl methyl sites for hydroxylation is 2. The van der Waals surface area contributed by atoms with Crippen molar-refractivity contribution in [3.63, 3.8) is 0 Å². The second-order valence-electron chi connectivity index (χ2n) is 8.62. The number of fused-ring (bicyclic) bond motifs is 1. The second-order valence-corrected chi connectivity index (χ2v) is 12.0. The normalized spacial score (nSPS) is 15.8. The van der Waals surface area contributed by atoms with Crippen LogP contribution >= 0.6 is 22.9 Å². The fourth-order valence-corrected chi connectivity index (χ4v) is 6.82. The maximum Gasteiger partial charge on any atom is 0.243 e. The summed E-state index contributed by atoms with van der Waals surface area (Å²) in [7, 11) is -3.84. The van der Waals surface area contributed by atoms with Crippen LogP contribution in [-0.2, 0) is 21.2 Å². The van der Waals surface area contributed by atoms with Crippen LogP contribution in [0.1, 0.15) is 34.5 Å². The lowest BCUT2D eigenvalue weighted by Crippen LogP contribution is -2.47. The first-order valence-electron chi connectivity index (χ1n) is 11.5. The number of rotatable bonds is 8. The van der Waals surface area contributed by atoms with Gasteiger partial charge in [-0.1, -0.05) is 36.2 Å². The number of ether oxygens (including phenoxy) is 1. The number of hydrogen-bond donors (Lipinski definition) is 0. The molecule has 2 heterocycles. The topological polar surface area (TPSA) is 66.9 Å². The van der Waals surface area contributed by atoms with Crippen LogP contribution in [-0.4, -0.2) is 49.8 Å². The van der Waals surface area contributed by atoms with Gasteiger partial charge >= 0.3 is 0 Å². The fourth-order valence-electron chi connectivity index (χ4n) is 4.37. The molecule has 6 nitrogen and oxygen atoms in total. The number of carbonyl (C=O) groups is 1. The Balaban J connectivity index is 1.55. The van der Waals surface area contributed by atoms with Gasteiger partial charge in [-0.15, -0.1) is 11.3 Å². The molecule has 1 aliphatic rings. The van der Waals surface area contributed by atoms with Gasteiger partial charge in [0.15, 0.2) is 0 Å². The van der Waals surface area contributed by atoms with Crippen molar-refractivity contribution in [3.05, 3.63) is 80.5 Å². The number of nitrogens with zero attached hydrogens (tertiary/aromatic N) is 2. The van der Waals surface area contributed by atoms with Crippen LogP contribution in [0.25, 0.3) is 0 Å². The lowest BCUT2D eigenvalue weighted by molar-refractivity contribution is -0.135. The first-order valence-corrected chi connectivity index (χ1v) is 14.2. The Morgan fingerprint density at radius 3 is 2.60 bits per heavy atom. The monoisotopic (exact) mass is 532 g/mol. The van der Waals surface area contributed by atoms with E-state index in [1.54, 1.807) is 23.2 Å². The summed E-state index contributed by atoms with van der Waals surface area (Å²) in [6, 6.07) is 13.8. The largest absolute Gasteiger partial charge is 0.491 e. The quantitative estimate of drug-likeness (QED) is 0.398. The second kappa shape index (κ2) is 10.7. The number of thiophene rings is 1. The van der Waals surface area contributed by atoms with Crippen molar-refractivity contribution in [3.8, 4) is 5.75 Å². The Bertz CT molecular complexity index is 1310. The van der Waals surface area contributed by atoms with Crippen molar-refractivity contribution in [2.45, 2.75) is 38.1 Å². The number of sulfonamides is 1. The molecule has 0 N–H and O–H groups in total. The van der Waals surface area contributed by atoms with Gasteiger partial charge in [-0.3, -0.25) is 4.79 Å². The molecule has 35 heavy (non-hydrogen) atoms. The van der Waals surface area contributed by atoms with E-state index in [-0.39, 0.29) is 29.9 Å². The SMILES string of the molecule is CCN(CC(=O)N1CCc2sccc2[C@@H]1COc1ccc(C)cc1C)S(=O)(=O)c1ccc(Cl)cc1. The van der Waals surface area contributed by atoms with Gasteiger partial charge in [-0.25, -0.2) is 8.42 Å². The van der Waals surface area contributed by atoms with Crippen LogP contribution in [0, 0.1) is 13.8 Å². The molecule has 1 aromatic heterocycles. The van der Waals surface area contributed by atoms with Gasteiger partial charge in [0.1, 0.15) is 12.4 Å². The zero-order valence-electron chi connectivity index (χ0n) is 20.0. The van der Waals surface area contributed by atoms with E-state index in [0.717, 1.165) is 28.9 Å². The smallest absolute Gasteiger partial charge is 0.243 e. The average Bonchev–Trinajstić information content (AvgIpc) is 3.31. The van der Waals surface area contributed by atoms with Crippen molar-refractivity contribution in [1.29, 1.82) is 0 Å². The van der Waals surface area contributed by atoms with E-state index in [1.807, 2.05) is 37.4 Å². The summed E-state index contributed by atoms with van der Waals surface area (Å²) in [4.78, 5) is 16.6. The number of carbonyl (C=O) groups excluding carboxylic acids is 1. The molecule has 0 saturated carbocycles. The molecule has 0 bridgehead atoms. The first-order chi connectivity index (χ1) is 16.7. The van der Waals surface area contributed by atoms with Gasteiger partial charge in [0.25, 0.3) is 0 Å². The van der Waals surface area contributed by atoms with E-state index in [1.165, 1.54) is 33.4 Å². The molecule has 0 spiro atoms. The summed E-state index contributed by atoms with van der Waals surface area (Å²) in [5.41, 5.74) is 3.27. The fraction of sp³-hybridized carbons (Fsp3) is 0.346. The van der Waals surface area contributed by atoms with Crippen molar-refractivity contribution >= 4 is 38.9 Å². The summed E-state index contributed by atoms with van der Waals surface area (Å²) < 4.78 is 33.8. The van der Waals surface area contributed by atoms with Crippen molar-refractivity contribution in [2.24, 2.45) is 0 Å². The van der Waals surface area contributed by atoms with Gasteiger partial charge in [0.2, 0.25) is 15.9 Å². The zero-order valence-corrected chi connectivity index (χ0v) is 22.4. The highest BCUT2D eigenvalue weighted by Gasteiger charge is 2.35. The highest BCUT2D eigenvalue weighted by Crippen LogP contribution is 2.34. The van der Waals surface area contributed by atoms with Crippen LogP contribution in [0.5, 0.6) is 5.75 Å². The van der Waals surface area contributed by atoms with Gasteiger partial charge in [0.05, 0.1) is 17.5 Å². The van der Waals surface area contributed by atoms with Crippen LogP contribution in [0.4, 0.5) is 0 Å². The van der Waals surface area contributed by atoms with Crippen LogP contribution in [0.2, 0.25) is 5.02 Å². The average molecular weight is 533 g/mol. The number of halogens is 1. The molecular formula is C26H29ClN2O4S2. The number of amides is 1. The van der Waals surface area contributed by atoms with Crippen molar-refractivity contribution in [1.82, 2.24) is 9.21 Å². The highest BCUT2D eigenvalue weighted by atomic mass is 35.5. The molecule has 1 aliphatic heterocycles. The summed E-state index contributed by atoms with van der Waals surface area (Å²) >= 11 is 7.60. The third-order valence-corrected chi connectivity index (χ3v) is 9.44. The third kappa shape index (κ3) is 5.56. The summed E-state index contributed by atoms with van der Waals surface area (Å²) in [6.07, 6.45) is 0.745. The lowest BCUT2D eigenvalue weighted by Gasteiger charge is -2.37. The number of hydrogen-bond acceptors (Lipinski definition) is 5. The predicted octanol–water partition coefficient (Wildman–Crippen LogP) is 5.23. The van der Waals surface area contributed by atoms with E-state index in [4.69, 9.17) is 16.3 Å². The highest BCUT2D eigenvalue weighted by molar-refractivity contribution is 7.89. The minimum absolute atomic E-state index is 0.116. The first kappa shape index (κ1) is 25.7. The van der Waals surface area contributed by atoms with E-state index in [2.05, 4.69) is 6.07 Å². The molecule has 0 saturated heterocycles. The maximum atomic E-state index is 13.5. The summed E-state index contributed by atoms with van der Waals surface area (Å²) in [5, 5.41) is 2.49. The Hall–Kier alpha value is -2.39. The molecule has 186 valence electrons. The molecule has 1 atom stereocenters. The van der Waals surface area contributed by atoms with E-state index >= 15 is 0 Å². The number of benzene rings is 2. The molecule has 0 aliphatic carbocycles. The summed E-state index contributed by atoms with van der Waals surface area (Å²) in [5.74, 6) is 0.543. The minimum Gasteiger partial charge on any atom is -0.491 e. The van der Waals surface area contributed by atoms with Crippen LogP contribution in [0.3, 0.4) is 0 Å². The maximum absolute atomic E-state index is 13.5. The standard InChI is InChI=1S/C26H29ClN2O4S2/c1-4-28(35(31,32)21-8-6-20(27)7-9-21)16-26(30)29-13-11-25-22(12-14-34-25)23(29)17-33-24-10-5-18(2)15-19(24)3/h5-10,12,14-15,23H,4,11,13,16-17H2,1-3H3/t23-/m0/s1. The Labute approximate surface area is 216 Å². The molecule has 2 aromatic carbocycles. The molecule has 1 amide bonds. The molecule has 0 unspecified atom stereocenters. The van der Waals surface area contributed by atoms with E-state index in [0.29, 0.717) is 18.2 Å². The van der Waals surface area contributed by atoms with Crippen molar-refractivity contribution < 1.29 is 17.9 Å². The van der Waals surface area contributed by atoms with Crippen molar-refractivity contribution in [2.75, 3.05) is 26.2 Å². The van der Waals surface area contributed by atoms with Gasteiger partial charge in [-0.2, -0.15) is 4.31 Å². The lowest BCUT2D eigenvalue weighted by atomic mass is 10.0. The molecule has 9 heteroatoms. The minimum atomic E-state index is -3.84. The summed E-state index contributed by atoms with van der Waals surface area (Å²) in [6.45, 7) is 6.53. The van der Waals surface area contributed by atoms with Gasteiger partial charge in [-0.05, 0) is 73.2 Å². The van der Waals surface area contributed by atoms with Crippen LogP contribution < -0.4 is 4.74 Å². The molecule has 3 aromatic rings. The Morgan fingerprint density at radius 1 is 1.17 bits per heavy atom. The number of likely N-dealkylation sites (N-methyl/N-ethyl adjacent to an activating group) is 1. The molecular weight excluding hydrogens is 504 g/mol. The van der Waals surface area contributed by atoms with E-state index < -0.39 is 10.0 Å². The van der Waals surface area contributed by atoms with Crippen LogP contribution in [0.15, 0.2) is 58.8 Å². The third-order valence-electron chi connectivity index (χ3n) is 6.26. The molecule has 0 radical (unpaired) electrons. The predicted molar refractivity (Wildman–Crippen MR) is 140 cm³/mol. The Kier molecular flexibility index (Phi) is 7.86. The zero-order chi connectivity index (χ0) is 25.2. The van der Waals surface area contributed by atoms with Gasteiger partial charge < -0.3 is 9.64 Å². The molecule has 4 rings (SSSR count). The van der Waals surface area contributed by atoms with E-state index in [9.17, 15) is 13.2 Å². The Morgan fingerprint density at radius 2 is 1.91 bits per heavy atom.